The number of sulfonamides is 1. The van der Waals surface area contributed by atoms with Crippen LogP contribution in [0.4, 0.5) is 18.4 Å². The Bertz CT molecular complexity index is 1330. The van der Waals surface area contributed by atoms with E-state index in [0.29, 0.717) is 50.5 Å². The molecular formula is C34H53F2N5O5S. The fourth-order valence-corrected chi connectivity index (χ4v) is 8.77. The van der Waals surface area contributed by atoms with Crippen LogP contribution in [0.3, 0.4) is 0 Å². The molecule has 13 heteroatoms. The van der Waals surface area contributed by atoms with Gasteiger partial charge in [-0.05, 0) is 108 Å². The minimum absolute atomic E-state index is 0.0654. The fourth-order valence-electron chi connectivity index (χ4n) is 7.90. The number of amides is 3. The lowest BCUT2D eigenvalue weighted by Gasteiger charge is -2.39. The minimum Gasteiger partial charge on any atom is -0.444 e. The second-order valence-corrected chi connectivity index (χ2v) is 17.0. The van der Waals surface area contributed by atoms with Crippen LogP contribution in [0.5, 0.6) is 0 Å². The molecule has 264 valence electrons. The normalized spacial score (nSPS) is 22.7. The molecule has 10 nitrogen and oxygen atoms in total. The first kappa shape index (κ1) is 35.8. The quantitative estimate of drug-likeness (QED) is 0.366. The van der Waals surface area contributed by atoms with E-state index in [1.807, 2.05) is 30.6 Å². The van der Waals surface area contributed by atoms with E-state index < -0.39 is 27.3 Å². The van der Waals surface area contributed by atoms with Crippen LogP contribution in [0.15, 0.2) is 18.2 Å². The van der Waals surface area contributed by atoms with E-state index in [9.17, 15) is 26.8 Å². The Hall–Kier alpha value is -2.51. The van der Waals surface area contributed by atoms with Crippen molar-refractivity contribution in [3.63, 3.8) is 0 Å². The lowest BCUT2D eigenvalue weighted by molar-refractivity contribution is 0.0175. The van der Waals surface area contributed by atoms with E-state index in [-0.39, 0.29) is 30.0 Å². The Morgan fingerprint density at radius 1 is 0.894 bits per heavy atom. The van der Waals surface area contributed by atoms with Crippen molar-refractivity contribution in [1.29, 1.82) is 0 Å². The van der Waals surface area contributed by atoms with Gasteiger partial charge in [0.2, 0.25) is 10.0 Å². The number of carbonyl (C=O) groups excluding carboxylic acids is 2. The summed E-state index contributed by atoms with van der Waals surface area (Å²) in [5.74, 6) is -0.726. The second kappa shape index (κ2) is 14.9. The van der Waals surface area contributed by atoms with Gasteiger partial charge in [0.25, 0.3) is 0 Å². The molecule has 4 aliphatic heterocycles. The molecule has 47 heavy (non-hydrogen) atoms. The number of hydrogen-bond donors (Lipinski definition) is 0. The van der Waals surface area contributed by atoms with Crippen molar-refractivity contribution >= 4 is 22.1 Å². The number of hydrogen-bond acceptors (Lipinski definition) is 6. The van der Waals surface area contributed by atoms with Crippen LogP contribution < -0.4 is 0 Å². The Kier molecular flexibility index (Phi) is 11.4. The zero-order valence-electron chi connectivity index (χ0n) is 28.5. The summed E-state index contributed by atoms with van der Waals surface area (Å²) in [6.45, 7) is 12.5. The summed E-state index contributed by atoms with van der Waals surface area (Å²) < 4.78 is 59.6. The van der Waals surface area contributed by atoms with Crippen molar-refractivity contribution in [2.24, 2.45) is 11.8 Å². The summed E-state index contributed by atoms with van der Waals surface area (Å²) in [7, 11) is -3.26. The van der Waals surface area contributed by atoms with Gasteiger partial charge >= 0.3 is 12.1 Å². The second-order valence-electron chi connectivity index (χ2n) is 15.0. The third-order valence-electron chi connectivity index (χ3n) is 10.5. The summed E-state index contributed by atoms with van der Waals surface area (Å²) in [6, 6.07) is 4.07. The first-order chi connectivity index (χ1) is 22.2. The number of carbonyl (C=O) groups is 2. The molecule has 1 atom stereocenters. The highest BCUT2D eigenvalue weighted by molar-refractivity contribution is 7.88. The third kappa shape index (κ3) is 9.56. The average Bonchev–Trinajstić information content (AvgIpc) is 3.36. The van der Waals surface area contributed by atoms with Crippen LogP contribution in [-0.2, 0) is 14.8 Å². The largest absolute Gasteiger partial charge is 0.444 e. The Labute approximate surface area is 279 Å². The van der Waals surface area contributed by atoms with Crippen molar-refractivity contribution < 1.29 is 31.5 Å². The standard InChI is InChI=1S/C34H53F2N5O5S/c1-34(2,3)46-33(43)38-15-5-25(6-16-38)24-39-19-20-41(32(39)42)30-9-12-37(13-10-30)14-11-31(27-21-28(35)23-29(36)22-27)26-7-17-40(18-8-26)47(4,44)45/h21-23,25-26,30-31H,5-20,24H2,1-4H3. The van der Waals surface area contributed by atoms with Crippen molar-refractivity contribution in [3.05, 3.63) is 35.4 Å². The van der Waals surface area contributed by atoms with Gasteiger partial charge in [0.05, 0.1) is 6.26 Å². The summed E-state index contributed by atoms with van der Waals surface area (Å²) in [5.41, 5.74) is 0.135. The first-order valence-electron chi connectivity index (χ1n) is 17.3. The average molecular weight is 682 g/mol. The molecule has 1 aromatic carbocycles. The van der Waals surface area contributed by atoms with E-state index in [4.69, 9.17) is 4.74 Å². The third-order valence-corrected chi connectivity index (χ3v) is 11.8. The van der Waals surface area contributed by atoms with E-state index in [0.717, 1.165) is 77.4 Å². The molecule has 1 unspecified atom stereocenters. The van der Waals surface area contributed by atoms with Crippen LogP contribution in [0.25, 0.3) is 0 Å². The van der Waals surface area contributed by atoms with Gasteiger partial charge in [0, 0.05) is 71.0 Å². The van der Waals surface area contributed by atoms with Crippen molar-refractivity contribution in [2.45, 2.75) is 83.3 Å². The number of rotatable bonds is 9. The van der Waals surface area contributed by atoms with Gasteiger partial charge in [0.15, 0.2) is 0 Å². The van der Waals surface area contributed by atoms with Crippen LogP contribution in [0, 0.1) is 23.5 Å². The maximum atomic E-state index is 14.3. The molecule has 1 aromatic rings. The molecule has 5 rings (SSSR count). The number of benzene rings is 1. The zero-order valence-corrected chi connectivity index (χ0v) is 29.3. The summed E-state index contributed by atoms with van der Waals surface area (Å²) in [5, 5.41) is 0. The Morgan fingerprint density at radius 3 is 2.09 bits per heavy atom. The highest BCUT2D eigenvalue weighted by atomic mass is 32.2. The van der Waals surface area contributed by atoms with Gasteiger partial charge in [-0.3, -0.25) is 0 Å². The predicted molar refractivity (Wildman–Crippen MR) is 177 cm³/mol. The van der Waals surface area contributed by atoms with Gasteiger partial charge in [-0.25, -0.2) is 31.1 Å². The van der Waals surface area contributed by atoms with Crippen molar-refractivity contribution in [2.75, 3.05) is 71.7 Å². The Morgan fingerprint density at radius 2 is 1.51 bits per heavy atom. The molecule has 4 saturated heterocycles. The highest BCUT2D eigenvalue weighted by Crippen LogP contribution is 2.37. The first-order valence-corrected chi connectivity index (χ1v) is 19.2. The Balaban J connectivity index is 1.09. The number of piperidine rings is 3. The van der Waals surface area contributed by atoms with Gasteiger partial charge in [-0.15, -0.1) is 0 Å². The summed E-state index contributed by atoms with van der Waals surface area (Å²) >= 11 is 0. The highest BCUT2D eigenvalue weighted by Gasteiger charge is 2.38. The number of halogens is 2. The topological polar surface area (TPSA) is 93.7 Å². The lowest BCUT2D eigenvalue weighted by atomic mass is 9.78. The molecule has 0 radical (unpaired) electrons. The summed E-state index contributed by atoms with van der Waals surface area (Å²) in [6.07, 6.45) is 6.52. The van der Waals surface area contributed by atoms with Gasteiger partial charge in [-0.2, -0.15) is 0 Å². The molecule has 4 heterocycles. The van der Waals surface area contributed by atoms with E-state index in [1.54, 1.807) is 4.90 Å². The predicted octanol–water partition coefficient (Wildman–Crippen LogP) is 4.96. The van der Waals surface area contributed by atoms with Gasteiger partial charge < -0.3 is 24.3 Å². The zero-order chi connectivity index (χ0) is 33.9. The van der Waals surface area contributed by atoms with Crippen molar-refractivity contribution in [3.8, 4) is 0 Å². The van der Waals surface area contributed by atoms with E-state index in [1.165, 1.54) is 22.7 Å². The fraction of sp³-hybridized carbons (Fsp3) is 0.765. The number of nitrogens with zero attached hydrogens (tertiary/aromatic N) is 5. The van der Waals surface area contributed by atoms with Crippen molar-refractivity contribution in [1.82, 2.24) is 23.9 Å². The van der Waals surface area contributed by atoms with Gasteiger partial charge in [0.1, 0.15) is 17.2 Å². The molecular weight excluding hydrogens is 628 g/mol. The van der Waals surface area contributed by atoms with E-state index in [2.05, 4.69) is 4.90 Å². The lowest BCUT2D eigenvalue weighted by Crippen LogP contribution is -2.48. The number of likely N-dealkylation sites (tertiary alicyclic amines) is 2. The molecule has 0 aliphatic carbocycles. The van der Waals surface area contributed by atoms with E-state index >= 15 is 0 Å². The maximum Gasteiger partial charge on any atom is 0.410 e. The monoisotopic (exact) mass is 681 g/mol. The summed E-state index contributed by atoms with van der Waals surface area (Å²) in [4.78, 5) is 34.0. The van der Waals surface area contributed by atoms with Gasteiger partial charge in [-0.1, -0.05) is 0 Å². The van der Waals surface area contributed by atoms with Crippen LogP contribution >= 0.6 is 0 Å². The SMILES string of the molecule is CC(C)(C)OC(=O)N1CCC(CN2CCN(C3CCN(CCC(c4cc(F)cc(F)c4)C4CCN(S(C)(=O)=O)CC4)CC3)C2=O)CC1. The molecule has 3 amide bonds. The van der Waals surface area contributed by atoms with Crippen LogP contribution in [0.2, 0.25) is 0 Å². The molecule has 0 saturated carbocycles. The van der Waals surface area contributed by atoms with Crippen LogP contribution in [0.1, 0.15) is 77.2 Å². The molecule has 0 bridgehead atoms. The molecule has 0 N–H and O–H groups in total. The smallest absolute Gasteiger partial charge is 0.410 e. The number of ether oxygens (including phenoxy) is 1. The number of urea groups is 1. The maximum absolute atomic E-state index is 14.3. The molecule has 4 aliphatic rings. The minimum atomic E-state index is -3.26. The van der Waals surface area contributed by atoms with Crippen LogP contribution in [-0.4, -0.2) is 128 Å². The molecule has 4 fully saturated rings. The molecule has 0 aromatic heterocycles. The molecule has 0 spiro atoms.